The second-order valence-electron chi connectivity index (χ2n) is 5.72. The molecule has 120 valence electrons. The molecule has 20 heavy (non-hydrogen) atoms. The van der Waals surface area contributed by atoms with Crippen molar-refractivity contribution in [2.45, 2.75) is 66.2 Å². The lowest BCUT2D eigenvalue weighted by atomic mass is 10.2. The van der Waals surface area contributed by atoms with E-state index in [2.05, 4.69) is 37.5 Å². The van der Waals surface area contributed by atoms with Crippen molar-refractivity contribution in [2.75, 3.05) is 39.3 Å². The van der Waals surface area contributed by atoms with Crippen LogP contribution >= 0.6 is 0 Å². The molecule has 0 aromatic rings. The number of hydrogen-bond acceptors (Lipinski definition) is 3. The first-order valence-corrected chi connectivity index (χ1v) is 8.64. The van der Waals surface area contributed by atoms with E-state index in [1.54, 1.807) is 0 Å². The summed E-state index contributed by atoms with van der Waals surface area (Å²) in [4.78, 5) is 16.9. The minimum absolute atomic E-state index is 0.430. The molecule has 0 fully saturated rings. The summed E-state index contributed by atoms with van der Waals surface area (Å²) in [5.41, 5.74) is 0. The average molecular weight is 284 g/mol. The smallest absolute Gasteiger partial charge is 0.135 e. The van der Waals surface area contributed by atoms with Crippen LogP contribution in [0.15, 0.2) is 0 Å². The van der Waals surface area contributed by atoms with Crippen LogP contribution in [0, 0.1) is 0 Å². The van der Waals surface area contributed by atoms with E-state index in [-0.39, 0.29) is 0 Å². The Morgan fingerprint density at radius 3 is 1.15 bits per heavy atom. The standard InChI is InChI=1S/C17H36N2O/c1-5-11-18(12-6-2)15-9-17(20)10-16-19(13-7-3)14-8-4/h5-16H2,1-4H3. The Kier molecular flexibility index (Phi) is 13.3. The normalized spacial score (nSPS) is 11.5. The van der Waals surface area contributed by atoms with Crippen LogP contribution in [0.5, 0.6) is 0 Å². The average Bonchev–Trinajstić information content (AvgIpc) is 2.43. The predicted octanol–water partition coefficient (Wildman–Crippen LogP) is 3.58. The highest BCUT2D eigenvalue weighted by Crippen LogP contribution is 2.01. The van der Waals surface area contributed by atoms with Gasteiger partial charge < -0.3 is 9.80 Å². The van der Waals surface area contributed by atoms with Crippen molar-refractivity contribution in [3.63, 3.8) is 0 Å². The summed E-state index contributed by atoms with van der Waals surface area (Å²) in [7, 11) is 0. The number of ketones is 1. The van der Waals surface area contributed by atoms with Crippen molar-refractivity contribution in [1.29, 1.82) is 0 Å². The maximum atomic E-state index is 12.0. The van der Waals surface area contributed by atoms with Gasteiger partial charge in [-0.25, -0.2) is 0 Å². The van der Waals surface area contributed by atoms with Gasteiger partial charge in [0.25, 0.3) is 0 Å². The largest absolute Gasteiger partial charge is 0.303 e. The first-order valence-electron chi connectivity index (χ1n) is 8.64. The van der Waals surface area contributed by atoms with Gasteiger partial charge in [0, 0.05) is 25.9 Å². The Morgan fingerprint density at radius 2 is 0.900 bits per heavy atom. The highest BCUT2D eigenvalue weighted by Gasteiger charge is 2.09. The summed E-state index contributed by atoms with van der Waals surface area (Å²) < 4.78 is 0. The zero-order chi connectivity index (χ0) is 15.2. The third-order valence-corrected chi connectivity index (χ3v) is 3.57. The summed E-state index contributed by atoms with van der Waals surface area (Å²) in [5, 5.41) is 0. The molecule has 0 amide bonds. The highest BCUT2D eigenvalue weighted by molar-refractivity contribution is 5.78. The van der Waals surface area contributed by atoms with Crippen LogP contribution in [0.25, 0.3) is 0 Å². The molecule has 0 bridgehead atoms. The van der Waals surface area contributed by atoms with E-state index in [0.717, 1.165) is 52.1 Å². The SMILES string of the molecule is CCCN(CCC)CCC(=O)CCN(CCC)CCC. The monoisotopic (exact) mass is 284 g/mol. The summed E-state index contributed by atoms with van der Waals surface area (Å²) in [5.74, 6) is 0.430. The Hall–Kier alpha value is -0.410. The molecule has 0 saturated heterocycles. The second-order valence-corrected chi connectivity index (χ2v) is 5.72. The molecule has 0 heterocycles. The topological polar surface area (TPSA) is 23.6 Å². The van der Waals surface area contributed by atoms with Gasteiger partial charge in [-0.2, -0.15) is 0 Å². The van der Waals surface area contributed by atoms with Crippen molar-refractivity contribution in [2.24, 2.45) is 0 Å². The minimum atomic E-state index is 0.430. The lowest BCUT2D eigenvalue weighted by molar-refractivity contribution is -0.119. The number of nitrogens with zero attached hydrogens (tertiary/aromatic N) is 2. The van der Waals surface area contributed by atoms with Crippen molar-refractivity contribution in [3.05, 3.63) is 0 Å². The van der Waals surface area contributed by atoms with E-state index in [1.165, 1.54) is 25.7 Å². The predicted molar refractivity (Wildman–Crippen MR) is 88.3 cm³/mol. The molecule has 3 nitrogen and oxygen atoms in total. The zero-order valence-corrected chi connectivity index (χ0v) is 14.3. The van der Waals surface area contributed by atoms with Crippen LogP contribution in [-0.4, -0.2) is 54.9 Å². The molecule has 0 spiro atoms. The third kappa shape index (κ3) is 10.4. The molecule has 0 radical (unpaired) electrons. The molecule has 0 N–H and O–H groups in total. The van der Waals surface area contributed by atoms with Crippen molar-refractivity contribution < 1.29 is 4.79 Å². The second kappa shape index (κ2) is 13.6. The summed E-state index contributed by atoms with van der Waals surface area (Å²) in [6.45, 7) is 15.2. The molecule has 0 aromatic carbocycles. The molecule has 0 aliphatic carbocycles. The van der Waals surface area contributed by atoms with Gasteiger partial charge in [0.05, 0.1) is 0 Å². The third-order valence-electron chi connectivity index (χ3n) is 3.57. The minimum Gasteiger partial charge on any atom is -0.303 e. The number of hydrogen-bond donors (Lipinski definition) is 0. The van der Waals surface area contributed by atoms with E-state index >= 15 is 0 Å². The molecular weight excluding hydrogens is 248 g/mol. The quantitative estimate of drug-likeness (QED) is 0.487. The molecule has 0 unspecified atom stereocenters. The van der Waals surface area contributed by atoms with Gasteiger partial charge in [-0.3, -0.25) is 4.79 Å². The summed E-state index contributed by atoms with van der Waals surface area (Å²) in [6, 6.07) is 0. The maximum Gasteiger partial charge on any atom is 0.135 e. The van der Waals surface area contributed by atoms with E-state index in [4.69, 9.17) is 0 Å². The number of rotatable bonds is 14. The van der Waals surface area contributed by atoms with Gasteiger partial charge in [-0.05, 0) is 51.9 Å². The van der Waals surface area contributed by atoms with Crippen molar-refractivity contribution in [3.8, 4) is 0 Å². The maximum absolute atomic E-state index is 12.0. The highest BCUT2D eigenvalue weighted by atomic mass is 16.1. The van der Waals surface area contributed by atoms with Gasteiger partial charge in [-0.1, -0.05) is 27.7 Å². The van der Waals surface area contributed by atoms with Crippen LogP contribution in [0.1, 0.15) is 66.2 Å². The lowest BCUT2D eigenvalue weighted by Crippen LogP contribution is -2.30. The molecule has 0 aliphatic rings. The van der Waals surface area contributed by atoms with Gasteiger partial charge >= 0.3 is 0 Å². The van der Waals surface area contributed by atoms with E-state index in [1.807, 2.05) is 0 Å². The van der Waals surface area contributed by atoms with Gasteiger partial charge in [-0.15, -0.1) is 0 Å². The molecule has 3 heteroatoms. The van der Waals surface area contributed by atoms with Crippen LogP contribution in [0.4, 0.5) is 0 Å². The molecule has 0 atom stereocenters. The fourth-order valence-corrected chi connectivity index (χ4v) is 2.63. The van der Waals surface area contributed by atoms with Crippen molar-refractivity contribution in [1.82, 2.24) is 9.80 Å². The Morgan fingerprint density at radius 1 is 0.600 bits per heavy atom. The summed E-state index contributed by atoms with van der Waals surface area (Å²) in [6.07, 6.45) is 6.16. The first-order chi connectivity index (χ1) is 9.67. The Balaban J connectivity index is 3.89. The Bertz CT molecular complexity index is 197. The molecule has 0 aliphatic heterocycles. The Labute approximate surface area is 126 Å². The zero-order valence-electron chi connectivity index (χ0n) is 14.3. The lowest BCUT2D eigenvalue weighted by Gasteiger charge is -2.22. The molecule has 0 rings (SSSR count). The van der Waals surface area contributed by atoms with Crippen LogP contribution < -0.4 is 0 Å². The molecule has 0 saturated carbocycles. The van der Waals surface area contributed by atoms with Gasteiger partial charge in [0.2, 0.25) is 0 Å². The molecule has 0 aromatic heterocycles. The summed E-state index contributed by atoms with van der Waals surface area (Å²) >= 11 is 0. The number of Topliss-reactive ketones (excluding diaryl/α,β-unsaturated/α-hetero) is 1. The van der Waals surface area contributed by atoms with Gasteiger partial charge in [0.1, 0.15) is 5.78 Å². The molecular formula is C17H36N2O. The van der Waals surface area contributed by atoms with E-state index in [0.29, 0.717) is 5.78 Å². The van der Waals surface area contributed by atoms with Gasteiger partial charge in [0.15, 0.2) is 0 Å². The van der Waals surface area contributed by atoms with Crippen LogP contribution in [0.3, 0.4) is 0 Å². The van der Waals surface area contributed by atoms with E-state index in [9.17, 15) is 4.79 Å². The fourth-order valence-electron chi connectivity index (χ4n) is 2.63. The van der Waals surface area contributed by atoms with Crippen molar-refractivity contribution >= 4 is 5.78 Å². The van der Waals surface area contributed by atoms with Crippen LogP contribution in [0.2, 0.25) is 0 Å². The number of carbonyl (C=O) groups is 1. The first kappa shape index (κ1) is 19.6. The number of carbonyl (C=O) groups excluding carboxylic acids is 1. The van der Waals surface area contributed by atoms with E-state index < -0.39 is 0 Å². The van der Waals surface area contributed by atoms with Crippen LogP contribution in [-0.2, 0) is 4.79 Å². The fraction of sp³-hybridized carbons (Fsp3) is 0.941.